The summed E-state index contributed by atoms with van der Waals surface area (Å²) in [5.41, 5.74) is 4.15. The summed E-state index contributed by atoms with van der Waals surface area (Å²) in [5, 5.41) is 5.74. The Bertz CT molecular complexity index is 1220. The van der Waals surface area contributed by atoms with Crippen molar-refractivity contribution >= 4 is 22.8 Å². The molecule has 0 unspecified atom stereocenters. The summed E-state index contributed by atoms with van der Waals surface area (Å²) in [6.07, 6.45) is 10.7. The molecule has 3 heteroatoms. The van der Waals surface area contributed by atoms with Crippen molar-refractivity contribution in [2.75, 3.05) is 0 Å². The van der Waals surface area contributed by atoms with Crippen molar-refractivity contribution in [1.82, 2.24) is 10.3 Å². The average molecular weight is 405 g/mol. The molecule has 0 spiro atoms. The lowest BCUT2D eigenvalue weighted by molar-refractivity contribution is 0.0931. The molecule has 1 amide bonds. The zero-order valence-electron chi connectivity index (χ0n) is 17.3. The average Bonchev–Trinajstić information content (AvgIpc) is 3.62. The van der Waals surface area contributed by atoms with E-state index < -0.39 is 0 Å². The standard InChI is InChI=1S/C23H19NO.C5H5N/c25-22(24-23(14-15-23)18-9-2-1-3-10-18)20-13-12-17-7-4-6-16-8-5-11-19(20)21(16)17;1-2-4-6-5-3-1/h1-7,9-13H,8,14-15H2,(H,24,25);1-5H. The minimum Gasteiger partial charge on any atom is -0.343 e. The van der Waals surface area contributed by atoms with Crippen LogP contribution in [0.1, 0.15) is 39.9 Å². The van der Waals surface area contributed by atoms with Crippen molar-refractivity contribution in [2.24, 2.45) is 0 Å². The minimum atomic E-state index is -0.183. The summed E-state index contributed by atoms with van der Waals surface area (Å²) in [7, 11) is 0. The summed E-state index contributed by atoms with van der Waals surface area (Å²) < 4.78 is 0. The highest BCUT2D eigenvalue weighted by Crippen LogP contribution is 2.45. The summed E-state index contributed by atoms with van der Waals surface area (Å²) in [6.45, 7) is 0. The van der Waals surface area contributed by atoms with Gasteiger partial charge in [-0.3, -0.25) is 9.78 Å². The highest BCUT2D eigenvalue weighted by Gasteiger charge is 2.45. The van der Waals surface area contributed by atoms with Crippen molar-refractivity contribution in [2.45, 2.75) is 24.8 Å². The van der Waals surface area contributed by atoms with Crippen LogP contribution < -0.4 is 5.32 Å². The van der Waals surface area contributed by atoms with Crippen molar-refractivity contribution in [1.29, 1.82) is 0 Å². The zero-order chi connectivity index (χ0) is 21.1. The monoisotopic (exact) mass is 404 g/mol. The van der Waals surface area contributed by atoms with Gasteiger partial charge in [0.15, 0.2) is 0 Å². The Hall–Kier alpha value is -3.72. The summed E-state index contributed by atoms with van der Waals surface area (Å²) in [5.74, 6) is 0.0274. The summed E-state index contributed by atoms with van der Waals surface area (Å²) >= 11 is 0. The number of hydrogen-bond acceptors (Lipinski definition) is 2. The highest BCUT2D eigenvalue weighted by molar-refractivity contribution is 6.07. The maximum atomic E-state index is 13.1. The molecule has 0 saturated heterocycles. The van der Waals surface area contributed by atoms with Crippen LogP contribution in [0.2, 0.25) is 0 Å². The second kappa shape index (κ2) is 8.19. The van der Waals surface area contributed by atoms with Gasteiger partial charge in [0.1, 0.15) is 0 Å². The van der Waals surface area contributed by atoms with Crippen LogP contribution in [0.3, 0.4) is 0 Å². The van der Waals surface area contributed by atoms with Gasteiger partial charge in [0.05, 0.1) is 5.54 Å². The molecule has 152 valence electrons. The largest absolute Gasteiger partial charge is 0.343 e. The SMILES string of the molecule is O=C(NC1(c2ccccc2)CC1)c1ccc2cccc3c2c1C=CC3.c1ccncc1. The van der Waals surface area contributed by atoms with Crippen molar-refractivity contribution in [3.05, 3.63) is 120 Å². The van der Waals surface area contributed by atoms with Crippen LogP contribution in [0.15, 0.2) is 97.3 Å². The van der Waals surface area contributed by atoms with E-state index in [-0.39, 0.29) is 11.4 Å². The molecular weight excluding hydrogens is 380 g/mol. The van der Waals surface area contributed by atoms with E-state index in [1.54, 1.807) is 12.4 Å². The number of allylic oxidation sites excluding steroid dienone is 1. The van der Waals surface area contributed by atoms with Gasteiger partial charge in [0.2, 0.25) is 0 Å². The Kier molecular flexibility index (Phi) is 5.09. The summed E-state index contributed by atoms with van der Waals surface area (Å²) in [6, 6.07) is 26.4. The van der Waals surface area contributed by atoms with E-state index in [2.05, 4.69) is 58.9 Å². The molecule has 2 aliphatic carbocycles. The normalized spacial score (nSPS) is 15.0. The Balaban J connectivity index is 0.000000296. The van der Waals surface area contributed by atoms with Gasteiger partial charge in [-0.1, -0.05) is 72.8 Å². The number of amides is 1. The highest BCUT2D eigenvalue weighted by atomic mass is 16.1. The molecule has 3 nitrogen and oxygen atoms in total. The smallest absolute Gasteiger partial charge is 0.252 e. The van der Waals surface area contributed by atoms with Crippen LogP contribution in [0, 0.1) is 0 Å². The molecule has 31 heavy (non-hydrogen) atoms. The number of nitrogens with one attached hydrogen (secondary N) is 1. The molecular formula is C28H24N2O. The van der Waals surface area contributed by atoms with Crippen molar-refractivity contribution in [3.8, 4) is 0 Å². The van der Waals surface area contributed by atoms with E-state index in [1.807, 2.05) is 42.5 Å². The molecule has 0 radical (unpaired) electrons. The lowest BCUT2D eigenvalue weighted by atomic mass is 9.89. The van der Waals surface area contributed by atoms with E-state index >= 15 is 0 Å². The molecule has 1 saturated carbocycles. The Morgan fingerprint density at radius 3 is 2.29 bits per heavy atom. The molecule has 1 N–H and O–H groups in total. The number of rotatable bonds is 3. The molecule has 4 aromatic rings. The first-order valence-corrected chi connectivity index (χ1v) is 10.7. The maximum Gasteiger partial charge on any atom is 0.252 e. The molecule has 1 aromatic heterocycles. The molecule has 0 bridgehead atoms. The molecule has 1 heterocycles. The topological polar surface area (TPSA) is 42.0 Å². The van der Waals surface area contributed by atoms with Gasteiger partial charge in [-0.25, -0.2) is 0 Å². The van der Waals surface area contributed by atoms with E-state index in [4.69, 9.17) is 0 Å². The first kappa shape index (κ1) is 19.3. The molecule has 3 aromatic carbocycles. The van der Waals surface area contributed by atoms with Crippen molar-refractivity contribution < 1.29 is 4.79 Å². The van der Waals surface area contributed by atoms with Gasteiger partial charge < -0.3 is 5.32 Å². The summed E-state index contributed by atoms with van der Waals surface area (Å²) in [4.78, 5) is 16.9. The van der Waals surface area contributed by atoms with E-state index in [0.717, 1.165) is 30.4 Å². The van der Waals surface area contributed by atoms with Gasteiger partial charge >= 0.3 is 0 Å². The Labute approximate surface area is 182 Å². The molecule has 0 atom stereocenters. The van der Waals surface area contributed by atoms with Gasteiger partial charge in [0, 0.05) is 18.0 Å². The molecule has 0 aliphatic heterocycles. The number of hydrogen-bond donors (Lipinski definition) is 1. The number of aromatic nitrogens is 1. The second-order valence-electron chi connectivity index (χ2n) is 8.08. The molecule has 1 fully saturated rings. The van der Waals surface area contributed by atoms with Crippen molar-refractivity contribution in [3.63, 3.8) is 0 Å². The Morgan fingerprint density at radius 1 is 0.839 bits per heavy atom. The number of carbonyl (C=O) groups is 1. The van der Waals surface area contributed by atoms with Crippen LogP contribution in [-0.2, 0) is 12.0 Å². The third-order valence-corrected chi connectivity index (χ3v) is 6.03. The number of nitrogens with zero attached hydrogens (tertiary/aromatic N) is 1. The lowest BCUT2D eigenvalue weighted by Gasteiger charge is -2.21. The van der Waals surface area contributed by atoms with Crippen LogP contribution in [0.25, 0.3) is 16.8 Å². The van der Waals surface area contributed by atoms with Crippen LogP contribution in [0.4, 0.5) is 0 Å². The first-order chi connectivity index (χ1) is 15.3. The fourth-order valence-electron chi connectivity index (χ4n) is 4.30. The van der Waals surface area contributed by atoms with Gasteiger partial charge in [-0.15, -0.1) is 0 Å². The van der Waals surface area contributed by atoms with Gasteiger partial charge in [-0.05, 0) is 64.9 Å². The number of benzene rings is 3. The third-order valence-electron chi connectivity index (χ3n) is 6.03. The zero-order valence-corrected chi connectivity index (χ0v) is 17.3. The van der Waals surface area contributed by atoms with Gasteiger partial charge in [0.25, 0.3) is 5.91 Å². The van der Waals surface area contributed by atoms with E-state index in [0.29, 0.717) is 0 Å². The van der Waals surface area contributed by atoms with Crippen LogP contribution >= 0.6 is 0 Å². The number of carbonyl (C=O) groups excluding carboxylic acids is 1. The molecule has 2 aliphatic rings. The number of pyridine rings is 1. The van der Waals surface area contributed by atoms with Crippen LogP contribution in [0.5, 0.6) is 0 Å². The maximum absolute atomic E-state index is 13.1. The lowest BCUT2D eigenvalue weighted by Crippen LogP contribution is -2.35. The van der Waals surface area contributed by atoms with Gasteiger partial charge in [-0.2, -0.15) is 0 Å². The predicted molar refractivity (Wildman–Crippen MR) is 126 cm³/mol. The van der Waals surface area contributed by atoms with E-state index in [9.17, 15) is 4.79 Å². The first-order valence-electron chi connectivity index (χ1n) is 10.7. The Morgan fingerprint density at radius 2 is 1.61 bits per heavy atom. The third kappa shape index (κ3) is 3.87. The minimum absolute atomic E-state index is 0.0274. The predicted octanol–water partition coefficient (Wildman–Crippen LogP) is 5.91. The van der Waals surface area contributed by atoms with Crippen LogP contribution in [-0.4, -0.2) is 10.9 Å². The van der Waals surface area contributed by atoms with E-state index in [1.165, 1.54) is 21.9 Å². The quantitative estimate of drug-likeness (QED) is 0.461. The fourth-order valence-corrected chi connectivity index (χ4v) is 4.30. The second-order valence-corrected chi connectivity index (χ2v) is 8.08. The molecule has 6 rings (SSSR count). The fraction of sp³-hybridized carbons (Fsp3) is 0.143.